The molecule has 0 aliphatic heterocycles. The molecule has 0 spiro atoms. The Kier molecular flexibility index (Phi) is 3.03. The van der Waals surface area contributed by atoms with Gasteiger partial charge in [0.1, 0.15) is 5.69 Å². The third-order valence-electron chi connectivity index (χ3n) is 3.45. The van der Waals surface area contributed by atoms with Gasteiger partial charge in [0.15, 0.2) is 0 Å². The van der Waals surface area contributed by atoms with E-state index in [1.807, 2.05) is 18.2 Å². The normalized spacial score (nSPS) is 13.5. The van der Waals surface area contributed by atoms with Crippen LogP contribution in [-0.2, 0) is 19.4 Å². The fourth-order valence-electron chi connectivity index (χ4n) is 2.59. The molecule has 0 unspecified atom stereocenters. The minimum absolute atomic E-state index is 0.312. The number of fused-ring (bicyclic) bond motifs is 1. The van der Waals surface area contributed by atoms with Gasteiger partial charge in [-0.1, -0.05) is 29.8 Å². The average molecular weight is 277 g/mol. The molecule has 5 heteroatoms. The first-order valence-corrected chi connectivity index (χ1v) is 6.60. The van der Waals surface area contributed by atoms with Crippen LogP contribution in [0.4, 0.5) is 0 Å². The molecule has 0 bridgehead atoms. The number of nitrogens with zero attached hydrogens (tertiary/aromatic N) is 2. The third-order valence-corrected chi connectivity index (χ3v) is 3.82. The number of aromatic nitrogens is 2. The Morgan fingerprint density at radius 2 is 2.16 bits per heavy atom. The van der Waals surface area contributed by atoms with Gasteiger partial charge >= 0.3 is 5.97 Å². The molecule has 1 aliphatic rings. The van der Waals surface area contributed by atoms with Crippen LogP contribution in [0.5, 0.6) is 0 Å². The summed E-state index contributed by atoms with van der Waals surface area (Å²) in [5.74, 6) is -0.914. The highest BCUT2D eigenvalue weighted by Gasteiger charge is 2.26. The van der Waals surface area contributed by atoms with E-state index in [4.69, 9.17) is 11.6 Å². The lowest BCUT2D eigenvalue weighted by molar-refractivity contribution is 0.0682. The second-order valence-corrected chi connectivity index (χ2v) is 5.09. The predicted octanol–water partition coefficient (Wildman–Crippen LogP) is 2.77. The van der Waals surface area contributed by atoms with Crippen molar-refractivity contribution in [2.24, 2.45) is 0 Å². The molecule has 0 fully saturated rings. The summed E-state index contributed by atoms with van der Waals surface area (Å²) < 4.78 is 1.56. The first kappa shape index (κ1) is 12.2. The van der Waals surface area contributed by atoms with Crippen molar-refractivity contribution >= 4 is 17.6 Å². The number of hydrogen-bond donors (Lipinski definition) is 1. The summed E-state index contributed by atoms with van der Waals surface area (Å²) in [5.41, 5.74) is 3.00. The summed E-state index contributed by atoms with van der Waals surface area (Å²) >= 11 is 6.11. The van der Waals surface area contributed by atoms with E-state index in [-0.39, 0.29) is 0 Å². The smallest absolute Gasteiger partial charge is 0.354 e. The maximum atomic E-state index is 11.4. The fraction of sp³-hybridized carbons (Fsp3) is 0.286. The molecule has 1 aromatic heterocycles. The van der Waals surface area contributed by atoms with Crippen molar-refractivity contribution in [2.45, 2.75) is 25.8 Å². The summed E-state index contributed by atoms with van der Waals surface area (Å²) in [6, 6.07) is 7.43. The number of rotatable bonds is 3. The maximum Gasteiger partial charge on any atom is 0.354 e. The van der Waals surface area contributed by atoms with Crippen molar-refractivity contribution in [3.63, 3.8) is 0 Å². The SMILES string of the molecule is O=C(O)c1c2c(nn1Cc1ccccc1Cl)CCC2. The van der Waals surface area contributed by atoms with Crippen molar-refractivity contribution in [3.05, 3.63) is 51.8 Å². The lowest BCUT2D eigenvalue weighted by atomic mass is 10.2. The number of carboxylic acid groups (broad SMARTS) is 1. The summed E-state index contributed by atoms with van der Waals surface area (Å²) in [7, 11) is 0. The van der Waals surface area contributed by atoms with Crippen LogP contribution < -0.4 is 0 Å². The molecule has 0 atom stereocenters. The number of hydrogen-bond acceptors (Lipinski definition) is 2. The van der Waals surface area contributed by atoms with E-state index in [1.54, 1.807) is 10.7 Å². The molecule has 1 aliphatic carbocycles. The zero-order valence-corrected chi connectivity index (χ0v) is 11.0. The summed E-state index contributed by atoms with van der Waals surface area (Å²) in [4.78, 5) is 11.4. The van der Waals surface area contributed by atoms with E-state index in [0.717, 1.165) is 36.1 Å². The Morgan fingerprint density at radius 3 is 2.89 bits per heavy atom. The highest BCUT2D eigenvalue weighted by Crippen LogP contribution is 2.26. The van der Waals surface area contributed by atoms with Gasteiger partial charge in [-0.3, -0.25) is 4.68 Å². The Hall–Kier alpha value is -1.81. The van der Waals surface area contributed by atoms with Crippen LogP contribution in [0.3, 0.4) is 0 Å². The zero-order valence-electron chi connectivity index (χ0n) is 10.3. The minimum atomic E-state index is -0.914. The lowest BCUT2D eigenvalue weighted by Gasteiger charge is -2.07. The molecule has 1 N–H and O–H groups in total. The van der Waals surface area contributed by atoms with Gasteiger partial charge in [-0.2, -0.15) is 5.10 Å². The molecule has 98 valence electrons. The van der Waals surface area contributed by atoms with E-state index in [9.17, 15) is 9.90 Å². The van der Waals surface area contributed by atoms with Crippen molar-refractivity contribution in [1.82, 2.24) is 9.78 Å². The molecule has 2 aromatic rings. The van der Waals surface area contributed by atoms with Crippen LogP contribution in [0.1, 0.15) is 33.7 Å². The number of carboxylic acids is 1. The molecule has 0 saturated carbocycles. The monoisotopic (exact) mass is 276 g/mol. The van der Waals surface area contributed by atoms with Crippen LogP contribution >= 0.6 is 11.6 Å². The van der Waals surface area contributed by atoms with Crippen molar-refractivity contribution in [1.29, 1.82) is 0 Å². The van der Waals surface area contributed by atoms with Gasteiger partial charge in [0.2, 0.25) is 0 Å². The van der Waals surface area contributed by atoms with Crippen LogP contribution in [0.15, 0.2) is 24.3 Å². The van der Waals surface area contributed by atoms with Crippen LogP contribution in [0, 0.1) is 0 Å². The van der Waals surface area contributed by atoms with Crippen molar-refractivity contribution in [3.8, 4) is 0 Å². The van der Waals surface area contributed by atoms with E-state index in [1.165, 1.54) is 0 Å². The molecule has 1 aromatic carbocycles. The van der Waals surface area contributed by atoms with Crippen LogP contribution in [0.2, 0.25) is 5.02 Å². The highest BCUT2D eigenvalue weighted by atomic mass is 35.5. The molecule has 19 heavy (non-hydrogen) atoms. The van der Waals surface area contributed by atoms with E-state index >= 15 is 0 Å². The number of aromatic carboxylic acids is 1. The Bertz CT molecular complexity index is 649. The van der Waals surface area contributed by atoms with Crippen LogP contribution in [0.25, 0.3) is 0 Å². The predicted molar refractivity (Wildman–Crippen MR) is 71.8 cm³/mol. The first-order chi connectivity index (χ1) is 9.16. The van der Waals surface area contributed by atoms with Crippen molar-refractivity contribution in [2.75, 3.05) is 0 Å². The van der Waals surface area contributed by atoms with Crippen molar-refractivity contribution < 1.29 is 9.90 Å². The highest BCUT2D eigenvalue weighted by molar-refractivity contribution is 6.31. The Labute approximate surface area is 115 Å². The van der Waals surface area contributed by atoms with Gasteiger partial charge in [0.05, 0.1) is 12.2 Å². The molecule has 0 saturated heterocycles. The van der Waals surface area contributed by atoms with Crippen LogP contribution in [-0.4, -0.2) is 20.9 Å². The quantitative estimate of drug-likeness (QED) is 0.938. The van der Waals surface area contributed by atoms with Gasteiger partial charge in [-0.15, -0.1) is 0 Å². The molecule has 4 nitrogen and oxygen atoms in total. The summed E-state index contributed by atoms with van der Waals surface area (Å²) in [6.45, 7) is 0.397. The van der Waals surface area contributed by atoms with E-state index in [0.29, 0.717) is 17.3 Å². The summed E-state index contributed by atoms with van der Waals surface area (Å²) in [5, 5.41) is 14.4. The third kappa shape index (κ3) is 2.12. The second kappa shape index (κ2) is 4.70. The maximum absolute atomic E-state index is 11.4. The standard InChI is InChI=1S/C14H13ClN2O2/c15-11-6-2-1-4-9(11)8-17-13(14(18)19)10-5-3-7-12(10)16-17/h1-2,4,6H,3,5,7-8H2,(H,18,19). The largest absolute Gasteiger partial charge is 0.477 e. The zero-order chi connectivity index (χ0) is 13.4. The Morgan fingerprint density at radius 1 is 1.37 bits per heavy atom. The molecule has 1 heterocycles. The lowest BCUT2D eigenvalue weighted by Crippen LogP contribution is -2.13. The number of carbonyl (C=O) groups is 1. The summed E-state index contributed by atoms with van der Waals surface area (Å²) in [6.07, 6.45) is 2.66. The molecule has 0 radical (unpaired) electrons. The van der Waals surface area contributed by atoms with Gasteiger partial charge in [-0.05, 0) is 30.9 Å². The van der Waals surface area contributed by atoms with E-state index < -0.39 is 5.97 Å². The molecule has 3 rings (SSSR count). The molecular weight excluding hydrogens is 264 g/mol. The van der Waals surface area contributed by atoms with Gasteiger partial charge in [0, 0.05) is 10.6 Å². The Balaban J connectivity index is 2.02. The van der Waals surface area contributed by atoms with Gasteiger partial charge in [0.25, 0.3) is 0 Å². The number of benzene rings is 1. The minimum Gasteiger partial charge on any atom is -0.477 e. The van der Waals surface area contributed by atoms with Gasteiger partial charge in [-0.25, -0.2) is 4.79 Å². The van der Waals surface area contributed by atoms with Gasteiger partial charge < -0.3 is 5.11 Å². The molecule has 0 amide bonds. The average Bonchev–Trinajstić information content (AvgIpc) is 2.91. The van der Waals surface area contributed by atoms with E-state index in [2.05, 4.69) is 5.10 Å². The number of halogens is 1. The first-order valence-electron chi connectivity index (χ1n) is 6.22. The number of aryl methyl sites for hydroxylation is 1. The molecular formula is C14H13ClN2O2. The fourth-order valence-corrected chi connectivity index (χ4v) is 2.78. The second-order valence-electron chi connectivity index (χ2n) is 4.68. The topological polar surface area (TPSA) is 55.1 Å².